The second kappa shape index (κ2) is 4.52. The molecule has 1 aliphatic rings. The number of hydrogen-bond donors (Lipinski definition) is 1. The molecule has 0 aromatic rings. The van der Waals surface area contributed by atoms with Crippen LogP contribution in [0.3, 0.4) is 0 Å². The Morgan fingerprint density at radius 3 is 1.94 bits per heavy atom. The van der Waals surface area contributed by atoms with Crippen LogP contribution >= 0.6 is 0 Å². The normalized spacial score (nSPS) is 26.8. The van der Waals surface area contributed by atoms with E-state index in [1.807, 2.05) is 0 Å². The first kappa shape index (κ1) is 14.9. The van der Waals surface area contributed by atoms with Crippen LogP contribution in [-0.2, 0) is 4.74 Å². The van der Waals surface area contributed by atoms with Gasteiger partial charge in [-0.1, -0.05) is 13.8 Å². The molecule has 1 aliphatic heterocycles. The van der Waals surface area contributed by atoms with Gasteiger partial charge in [0, 0.05) is 25.7 Å². The maximum absolute atomic E-state index is 6.09. The van der Waals surface area contributed by atoms with Crippen LogP contribution < -0.4 is 5.73 Å². The van der Waals surface area contributed by atoms with E-state index in [0.29, 0.717) is 0 Å². The van der Waals surface area contributed by atoms with Crippen molar-refractivity contribution in [3.63, 3.8) is 0 Å². The summed E-state index contributed by atoms with van der Waals surface area (Å²) in [5, 5.41) is 0. The average molecular weight is 242 g/mol. The molecule has 0 aromatic heterocycles. The Kier molecular flexibility index (Phi) is 3.98. The number of rotatable bonds is 3. The zero-order valence-electron chi connectivity index (χ0n) is 12.6. The van der Waals surface area contributed by atoms with E-state index in [0.717, 1.165) is 19.6 Å². The highest BCUT2D eigenvalue weighted by Crippen LogP contribution is 2.31. The van der Waals surface area contributed by atoms with Crippen molar-refractivity contribution in [1.82, 2.24) is 4.90 Å². The first-order valence-corrected chi connectivity index (χ1v) is 6.62. The van der Waals surface area contributed by atoms with Crippen molar-refractivity contribution in [2.45, 2.75) is 65.7 Å². The predicted octanol–water partition coefficient (Wildman–Crippen LogP) is 2.25. The number of nitrogens with zero attached hydrogens (tertiary/aromatic N) is 1. The summed E-state index contributed by atoms with van der Waals surface area (Å²) < 4.78 is 6.09. The molecule has 1 saturated heterocycles. The van der Waals surface area contributed by atoms with Crippen LogP contribution in [0.15, 0.2) is 0 Å². The summed E-state index contributed by atoms with van der Waals surface area (Å²) in [5.41, 5.74) is 6.06. The van der Waals surface area contributed by atoms with E-state index in [1.54, 1.807) is 0 Å². The molecule has 102 valence electrons. The van der Waals surface area contributed by atoms with Crippen LogP contribution in [0, 0.1) is 5.41 Å². The van der Waals surface area contributed by atoms with Gasteiger partial charge in [-0.3, -0.25) is 4.90 Å². The molecule has 1 fully saturated rings. The monoisotopic (exact) mass is 242 g/mol. The fourth-order valence-corrected chi connectivity index (χ4v) is 2.78. The fourth-order valence-electron chi connectivity index (χ4n) is 2.78. The third-order valence-electron chi connectivity index (χ3n) is 3.63. The molecule has 3 nitrogen and oxygen atoms in total. The van der Waals surface area contributed by atoms with Gasteiger partial charge in [0.1, 0.15) is 0 Å². The Morgan fingerprint density at radius 2 is 1.59 bits per heavy atom. The van der Waals surface area contributed by atoms with Crippen molar-refractivity contribution in [2.24, 2.45) is 11.1 Å². The maximum atomic E-state index is 6.09. The molecule has 0 bridgehead atoms. The highest BCUT2D eigenvalue weighted by Gasteiger charge is 2.40. The SMILES string of the molecule is CC(N)C(C)(C)CN1CC(C)(C)OC(C)(C)C1. The summed E-state index contributed by atoms with van der Waals surface area (Å²) in [6.45, 7) is 18.2. The Hall–Kier alpha value is -0.120. The van der Waals surface area contributed by atoms with Crippen molar-refractivity contribution in [2.75, 3.05) is 19.6 Å². The molecule has 2 N–H and O–H groups in total. The smallest absolute Gasteiger partial charge is 0.0760 e. The molecule has 1 heterocycles. The van der Waals surface area contributed by atoms with Crippen molar-refractivity contribution in [3.05, 3.63) is 0 Å². The van der Waals surface area contributed by atoms with Crippen LogP contribution in [0.4, 0.5) is 0 Å². The van der Waals surface area contributed by atoms with Crippen LogP contribution in [0.1, 0.15) is 48.5 Å². The van der Waals surface area contributed by atoms with Gasteiger partial charge in [-0.25, -0.2) is 0 Å². The Labute approximate surface area is 107 Å². The maximum Gasteiger partial charge on any atom is 0.0760 e. The first-order valence-electron chi connectivity index (χ1n) is 6.62. The number of hydrogen-bond acceptors (Lipinski definition) is 3. The summed E-state index contributed by atoms with van der Waals surface area (Å²) in [7, 11) is 0. The molecular weight excluding hydrogens is 212 g/mol. The molecule has 0 saturated carbocycles. The molecule has 0 spiro atoms. The lowest BCUT2D eigenvalue weighted by Crippen LogP contribution is -2.59. The summed E-state index contributed by atoms with van der Waals surface area (Å²) >= 11 is 0. The second-order valence-corrected chi connectivity index (χ2v) is 7.54. The number of ether oxygens (including phenoxy) is 1. The molecule has 0 aromatic carbocycles. The largest absolute Gasteiger partial charge is 0.367 e. The molecule has 1 atom stereocenters. The van der Waals surface area contributed by atoms with Gasteiger partial charge < -0.3 is 10.5 Å². The van der Waals surface area contributed by atoms with Crippen molar-refractivity contribution in [3.8, 4) is 0 Å². The topological polar surface area (TPSA) is 38.5 Å². The fraction of sp³-hybridized carbons (Fsp3) is 1.00. The van der Waals surface area contributed by atoms with E-state index >= 15 is 0 Å². The lowest BCUT2D eigenvalue weighted by Gasteiger charge is -2.49. The number of nitrogens with two attached hydrogens (primary N) is 1. The quantitative estimate of drug-likeness (QED) is 0.825. The van der Waals surface area contributed by atoms with E-state index in [-0.39, 0.29) is 22.7 Å². The van der Waals surface area contributed by atoms with Crippen molar-refractivity contribution >= 4 is 0 Å². The lowest BCUT2D eigenvalue weighted by atomic mass is 9.84. The third kappa shape index (κ3) is 4.23. The zero-order chi connectivity index (χ0) is 13.5. The molecule has 0 radical (unpaired) electrons. The van der Waals surface area contributed by atoms with Crippen LogP contribution in [0.25, 0.3) is 0 Å². The van der Waals surface area contributed by atoms with E-state index in [1.165, 1.54) is 0 Å². The minimum Gasteiger partial charge on any atom is -0.367 e. The van der Waals surface area contributed by atoms with Gasteiger partial charge in [-0.2, -0.15) is 0 Å². The van der Waals surface area contributed by atoms with Gasteiger partial charge in [0.2, 0.25) is 0 Å². The third-order valence-corrected chi connectivity index (χ3v) is 3.63. The summed E-state index contributed by atoms with van der Waals surface area (Å²) in [4.78, 5) is 2.49. The minimum atomic E-state index is -0.0737. The van der Waals surface area contributed by atoms with Gasteiger partial charge in [-0.15, -0.1) is 0 Å². The van der Waals surface area contributed by atoms with E-state index in [2.05, 4.69) is 53.4 Å². The summed E-state index contributed by atoms with van der Waals surface area (Å²) in [6.07, 6.45) is 0. The standard InChI is InChI=1S/C14H30N2O/c1-11(15)12(2,3)8-16-9-13(4,5)17-14(6,7)10-16/h11H,8-10,15H2,1-7H3. The first-order chi connectivity index (χ1) is 7.44. The zero-order valence-corrected chi connectivity index (χ0v) is 12.6. The summed E-state index contributed by atoms with van der Waals surface area (Å²) in [5.74, 6) is 0. The molecule has 1 rings (SSSR count). The molecule has 1 unspecified atom stereocenters. The minimum absolute atomic E-state index is 0.0737. The molecule has 0 aliphatic carbocycles. The molecular formula is C14H30N2O. The van der Waals surface area contributed by atoms with Crippen LogP contribution in [0.2, 0.25) is 0 Å². The van der Waals surface area contributed by atoms with E-state index in [4.69, 9.17) is 10.5 Å². The molecule has 3 heteroatoms. The molecule has 17 heavy (non-hydrogen) atoms. The van der Waals surface area contributed by atoms with Crippen LogP contribution in [0.5, 0.6) is 0 Å². The van der Waals surface area contributed by atoms with Crippen molar-refractivity contribution < 1.29 is 4.74 Å². The van der Waals surface area contributed by atoms with Gasteiger partial charge >= 0.3 is 0 Å². The van der Waals surface area contributed by atoms with E-state index < -0.39 is 0 Å². The Balaban J connectivity index is 2.72. The van der Waals surface area contributed by atoms with Gasteiger partial charge in [-0.05, 0) is 40.0 Å². The average Bonchev–Trinajstić information content (AvgIpc) is 1.94. The predicted molar refractivity (Wildman–Crippen MR) is 73.1 cm³/mol. The van der Waals surface area contributed by atoms with Gasteiger partial charge in [0.15, 0.2) is 0 Å². The lowest BCUT2D eigenvalue weighted by molar-refractivity contribution is -0.184. The second-order valence-electron chi connectivity index (χ2n) is 7.54. The van der Waals surface area contributed by atoms with Gasteiger partial charge in [0.05, 0.1) is 11.2 Å². The van der Waals surface area contributed by atoms with Gasteiger partial charge in [0.25, 0.3) is 0 Å². The van der Waals surface area contributed by atoms with Crippen LogP contribution in [-0.4, -0.2) is 41.8 Å². The Morgan fingerprint density at radius 1 is 1.18 bits per heavy atom. The van der Waals surface area contributed by atoms with Crippen molar-refractivity contribution in [1.29, 1.82) is 0 Å². The Bertz CT molecular complexity index is 253. The number of morpholine rings is 1. The van der Waals surface area contributed by atoms with E-state index in [9.17, 15) is 0 Å². The summed E-state index contributed by atoms with van der Waals surface area (Å²) in [6, 6.07) is 0.205. The molecule has 0 amide bonds. The highest BCUT2D eigenvalue weighted by atomic mass is 16.5. The highest BCUT2D eigenvalue weighted by molar-refractivity contribution is 4.92.